The molecule has 0 spiro atoms. The SMILES string of the molecule is CCCCO[C@H]1[C@H](C)OC(O)[C@@H]1OCCCC. The van der Waals surface area contributed by atoms with Gasteiger partial charge in [0.05, 0.1) is 6.10 Å². The van der Waals surface area contributed by atoms with Crippen molar-refractivity contribution in [2.75, 3.05) is 13.2 Å². The first-order valence-electron chi connectivity index (χ1n) is 6.77. The van der Waals surface area contributed by atoms with Crippen LogP contribution in [0.15, 0.2) is 0 Å². The van der Waals surface area contributed by atoms with E-state index in [0.717, 1.165) is 25.7 Å². The first-order valence-corrected chi connectivity index (χ1v) is 6.77. The Morgan fingerprint density at radius 3 is 2.06 bits per heavy atom. The van der Waals surface area contributed by atoms with Crippen molar-refractivity contribution < 1.29 is 19.3 Å². The fraction of sp³-hybridized carbons (Fsp3) is 1.00. The van der Waals surface area contributed by atoms with Crippen molar-refractivity contribution in [2.45, 2.75) is 71.1 Å². The lowest BCUT2D eigenvalue weighted by molar-refractivity contribution is -0.143. The van der Waals surface area contributed by atoms with E-state index in [1.807, 2.05) is 6.92 Å². The van der Waals surface area contributed by atoms with Crippen molar-refractivity contribution in [3.05, 3.63) is 0 Å². The second-order valence-electron chi connectivity index (χ2n) is 4.61. The minimum atomic E-state index is -0.853. The van der Waals surface area contributed by atoms with Crippen LogP contribution in [0.2, 0.25) is 0 Å². The summed E-state index contributed by atoms with van der Waals surface area (Å²) in [6.07, 6.45) is 2.77. The molecule has 0 aromatic carbocycles. The third kappa shape index (κ3) is 4.54. The van der Waals surface area contributed by atoms with E-state index in [9.17, 15) is 5.11 Å². The first kappa shape index (κ1) is 14.9. The largest absolute Gasteiger partial charge is 0.373 e. The summed E-state index contributed by atoms with van der Waals surface area (Å²) in [6.45, 7) is 7.52. The summed E-state index contributed by atoms with van der Waals surface area (Å²) in [5.74, 6) is 0. The van der Waals surface area contributed by atoms with Crippen LogP contribution in [0.5, 0.6) is 0 Å². The minimum absolute atomic E-state index is 0.103. The fourth-order valence-corrected chi connectivity index (χ4v) is 1.94. The van der Waals surface area contributed by atoms with Crippen molar-refractivity contribution in [2.24, 2.45) is 0 Å². The maximum absolute atomic E-state index is 9.76. The molecule has 1 N–H and O–H groups in total. The quantitative estimate of drug-likeness (QED) is 0.666. The molecule has 4 atom stereocenters. The zero-order valence-corrected chi connectivity index (χ0v) is 11.2. The zero-order valence-electron chi connectivity index (χ0n) is 11.2. The van der Waals surface area contributed by atoms with Crippen molar-refractivity contribution >= 4 is 0 Å². The summed E-state index contributed by atoms with van der Waals surface area (Å²) in [7, 11) is 0. The monoisotopic (exact) mass is 246 g/mol. The average molecular weight is 246 g/mol. The van der Waals surface area contributed by atoms with Gasteiger partial charge in [-0.05, 0) is 19.8 Å². The predicted octanol–water partition coefficient (Wildman–Crippen LogP) is 2.09. The summed E-state index contributed by atoms with van der Waals surface area (Å²) in [5.41, 5.74) is 0. The van der Waals surface area contributed by atoms with Gasteiger partial charge in [-0.15, -0.1) is 0 Å². The molecule has 17 heavy (non-hydrogen) atoms. The Hall–Kier alpha value is -0.160. The van der Waals surface area contributed by atoms with E-state index >= 15 is 0 Å². The van der Waals surface area contributed by atoms with Crippen LogP contribution in [-0.2, 0) is 14.2 Å². The molecular formula is C13H26O4. The molecule has 1 heterocycles. The molecule has 0 saturated carbocycles. The molecular weight excluding hydrogens is 220 g/mol. The van der Waals surface area contributed by atoms with E-state index in [2.05, 4.69) is 13.8 Å². The number of hydrogen-bond donors (Lipinski definition) is 1. The highest BCUT2D eigenvalue weighted by Gasteiger charge is 2.43. The van der Waals surface area contributed by atoms with Crippen LogP contribution in [0.25, 0.3) is 0 Å². The molecule has 1 aliphatic rings. The van der Waals surface area contributed by atoms with Gasteiger partial charge in [0.2, 0.25) is 0 Å². The van der Waals surface area contributed by atoms with Crippen molar-refractivity contribution in [1.82, 2.24) is 0 Å². The molecule has 1 fully saturated rings. The van der Waals surface area contributed by atoms with Crippen LogP contribution >= 0.6 is 0 Å². The van der Waals surface area contributed by atoms with Crippen LogP contribution in [-0.4, -0.2) is 42.9 Å². The Balaban J connectivity index is 2.38. The zero-order chi connectivity index (χ0) is 12.7. The Bertz CT molecular complexity index is 178. The summed E-state index contributed by atoms with van der Waals surface area (Å²) >= 11 is 0. The maximum atomic E-state index is 9.76. The van der Waals surface area contributed by atoms with Crippen molar-refractivity contribution in [3.8, 4) is 0 Å². The molecule has 1 unspecified atom stereocenters. The van der Waals surface area contributed by atoms with Gasteiger partial charge >= 0.3 is 0 Å². The van der Waals surface area contributed by atoms with Gasteiger partial charge in [0, 0.05) is 13.2 Å². The van der Waals surface area contributed by atoms with Crippen LogP contribution in [0, 0.1) is 0 Å². The Labute approximate surface area is 104 Å². The van der Waals surface area contributed by atoms with Gasteiger partial charge < -0.3 is 19.3 Å². The first-order chi connectivity index (χ1) is 8.20. The Kier molecular flexibility index (Phi) is 7.04. The van der Waals surface area contributed by atoms with Crippen LogP contribution in [0.1, 0.15) is 46.5 Å². The van der Waals surface area contributed by atoms with Gasteiger partial charge in [-0.2, -0.15) is 0 Å². The second-order valence-corrected chi connectivity index (χ2v) is 4.61. The number of aliphatic hydroxyl groups is 1. The van der Waals surface area contributed by atoms with Crippen LogP contribution in [0.4, 0.5) is 0 Å². The molecule has 0 amide bonds. The lowest BCUT2D eigenvalue weighted by Crippen LogP contribution is -2.37. The number of unbranched alkanes of at least 4 members (excludes halogenated alkanes) is 2. The van der Waals surface area contributed by atoms with Crippen LogP contribution < -0.4 is 0 Å². The number of aliphatic hydroxyl groups excluding tert-OH is 1. The summed E-state index contributed by atoms with van der Waals surface area (Å²) < 4.78 is 16.8. The van der Waals surface area contributed by atoms with Crippen LogP contribution in [0.3, 0.4) is 0 Å². The highest BCUT2D eigenvalue weighted by atomic mass is 16.7. The number of ether oxygens (including phenoxy) is 3. The number of rotatable bonds is 8. The summed E-state index contributed by atoms with van der Waals surface area (Å²) in [6, 6.07) is 0. The smallest absolute Gasteiger partial charge is 0.184 e. The molecule has 1 rings (SSSR count). The van der Waals surface area contributed by atoms with Gasteiger partial charge in [-0.3, -0.25) is 0 Å². The van der Waals surface area contributed by atoms with E-state index < -0.39 is 6.29 Å². The highest BCUT2D eigenvalue weighted by Crippen LogP contribution is 2.25. The van der Waals surface area contributed by atoms with E-state index in [-0.39, 0.29) is 18.3 Å². The standard InChI is InChI=1S/C13H26O4/c1-4-6-8-15-11-10(3)17-13(14)12(11)16-9-7-5-2/h10-14H,4-9H2,1-3H3/t10-,11-,12+,13?/m0/s1. The molecule has 0 aliphatic carbocycles. The second kappa shape index (κ2) is 8.03. The molecule has 0 aromatic rings. The fourth-order valence-electron chi connectivity index (χ4n) is 1.94. The van der Waals surface area contributed by atoms with E-state index in [0.29, 0.717) is 13.2 Å². The third-order valence-electron chi connectivity index (χ3n) is 3.04. The third-order valence-corrected chi connectivity index (χ3v) is 3.04. The topological polar surface area (TPSA) is 47.9 Å². The van der Waals surface area contributed by atoms with Crippen molar-refractivity contribution in [1.29, 1.82) is 0 Å². The normalized spacial score (nSPS) is 33.2. The Morgan fingerprint density at radius 2 is 1.53 bits per heavy atom. The molecule has 1 aliphatic heterocycles. The van der Waals surface area contributed by atoms with Crippen molar-refractivity contribution in [3.63, 3.8) is 0 Å². The average Bonchev–Trinajstić information content (AvgIpc) is 2.56. The van der Waals surface area contributed by atoms with Gasteiger partial charge in [-0.1, -0.05) is 26.7 Å². The van der Waals surface area contributed by atoms with E-state index in [4.69, 9.17) is 14.2 Å². The lowest BCUT2D eigenvalue weighted by atomic mass is 10.1. The molecule has 102 valence electrons. The summed E-state index contributed by atoms with van der Waals surface area (Å²) in [4.78, 5) is 0. The highest BCUT2D eigenvalue weighted by molar-refractivity contribution is 4.86. The molecule has 1 saturated heterocycles. The van der Waals surface area contributed by atoms with Gasteiger partial charge in [0.15, 0.2) is 6.29 Å². The summed E-state index contributed by atoms with van der Waals surface area (Å²) in [5, 5.41) is 9.76. The lowest BCUT2D eigenvalue weighted by Gasteiger charge is -2.22. The molecule has 4 heteroatoms. The molecule has 0 aromatic heterocycles. The van der Waals surface area contributed by atoms with E-state index in [1.54, 1.807) is 0 Å². The molecule has 0 bridgehead atoms. The number of hydrogen-bond acceptors (Lipinski definition) is 4. The Morgan fingerprint density at radius 1 is 1.00 bits per heavy atom. The molecule has 4 nitrogen and oxygen atoms in total. The van der Waals surface area contributed by atoms with Gasteiger partial charge in [0.25, 0.3) is 0 Å². The van der Waals surface area contributed by atoms with Gasteiger partial charge in [0.1, 0.15) is 12.2 Å². The predicted molar refractivity (Wildman–Crippen MR) is 65.8 cm³/mol. The van der Waals surface area contributed by atoms with E-state index in [1.165, 1.54) is 0 Å². The minimum Gasteiger partial charge on any atom is -0.373 e. The maximum Gasteiger partial charge on any atom is 0.184 e. The molecule has 0 radical (unpaired) electrons. The van der Waals surface area contributed by atoms with Gasteiger partial charge in [-0.25, -0.2) is 0 Å².